The lowest BCUT2D eigenvalue weighted by Crippen LogP contribution is -2.04. The minimum absolute atomic E-state index is 0.633. The third-order valence-electron chi connectivity index (χ3n) is 3.52. The van der Waals surface area contributed by atoms with Crippen molar-refractivity contribution in [1.82, 2.24) is 29.6 Å². The Labute approximate surface area is 141 Å². The second kappa shape index (κ2) is 5.43. The third-order valence-corrected chi connectivity index (χ3v) is 4.66. The molecule has 0 N–H and O–H groups in total. The van der Waals surface area contributed by atoms with Gasteiger partial charge in [0, 0.05) is 16.3 Å². The second-order valence-electron chi connectivity index (χ2n) is 5.31. The van der Waals surface area contributed by atoms with E-state index in [1.807, 2.05) is 42.8 Å². The summed E-state index contributed by atoms with van der Waals surface area (Å²) in [7, 11) is 0. The minimum atomic E-state index is 0.633. The monoisotopic (exact) mass is 344 g/mol. The summed E-state index contributed by atoms with van der Waals surface area (Å²) < 4.78 is 3.72. The van der Waals surface area contributed by atoms with E-state index in [2.05, 4.69) is 26.5 Å². The molecule has 116 valence electrons. The fourth-order valence-electron chi connectivity index (χ4n) is 2.46. The Morgan fingerprint density at radius 3 is 2.57 bits per heavy atom. The molecule has 0 radical (unpaired) electrons. The molecule has 0 bridgehead atoms. The molecular formula is C15H13ClN6S. The van der Waals surface area contributed by atoms with Gasteiger partial charge in [0.25, 0.3) is 0 Å². The van der Waals surface area contributed by atoms with Crippen molar-refractivity contribution >= 4 is 27.9 Å². The quantitative estimate of drug-likeness (QED) is 0.571. The first-order valence-corrected chi connectivity index (χ1v) is 8.28. The van der Waals surface area contributed by atoms with Crippen molar-refractivity contribution in [3.8, 4) is 11.4 Å². The molecule has 0 saturated heterocycles. The van der Waals surface area contributed by atoms with Gasteiger partial charge in [-0.3, -0.25) is 4.68 Å². The fourth-order valence-corrected chi connectivity index (χ4v) is 3.40. The maximum Gasteiger partial charge on any atom is 0.235 e. The minimum Gasteiger partial charge on any atom is -0.263 e. The van der Waals surface area contributed by atoms with E-state index in [0.29, 0.717) is 17.4 Å². The van der Waals surface area contributed by atoms with E-state index in [-0.39, 0.29) is 0 Å². The van der Waals surface area contributed by atoms with E-state index >= 15 is 0 Å². The van der Waals surface area contributed by atoms with Gasteiger partial charge in [0.1, 0.15) is 5.01 Å². The van der Waals surface area contributed by atoms with E-state index in [4.69, 9.17) is 11.6 Å². The first-order valence-electron chi connectivity index (χ1n) is 7.08. The Morgan fingerprint density at radius 2 is 1.87 bits per heavy atom. The zero-order valence-corrected chi connectivity index (χ0v) is 14.1. The molecular weight excluding hydrogens is 332 g/mol. The van der Waals surface area contributed by atoms with Gasteiger partial charge in [0.2, 0.25) is 4.96 Å². The molecule has 0 aliphatic carbocycles. The Balaban J connectivity index is 1.71. The molecule has 0 saturated carbocycles. The van der Waals surface area contributed by atoms with Gasteiger partial charge in [-0.25, -0.2) is 0 Å². The lowest BCUT2D eigenvalue weighted by molar-refractivity contribution is 0.648. The van der Waals surface area contributed by atoms with Gasteiger partial charge >= 0.3 is 0 Å². The van der Waals surface area contributed by atoms with Gasteiger partial charge in [-0.1, -0.05) is 22.9 Å². The Morgan fingerprint density at radius 1 is 1.09 bits per heavy atom. The van der Waals surface area contributed by atoms with Crippen molar-refractivity contribution in [3.05, 3.63) is 51.7 Å². The van der Waals surface area contributed by atoms with Crippen LogP contribution in [0.25, 0.3) is 16.3 Å². The first-order chi connectivity index (χ1) is 11.1. The smallest absolute Gasteiger partial charge is 0.235 e. The van der Waals surface area contributed by atoms with Crippen LogP contribution < -0.4 is 0 Å². The average Bonchev–Trinajstić information content (AvgIpc) is 3.15. The van der Waals surface area contributed by atoms with Crippen LogP contribution in [0.3, 0.4) is 0 Å². The highest BCUT2D eigenvalue weighted by atomic mass is 35.5. The number of halogens is 1. The predicted molar refractivity (Wildman–Crippen MR) is 89.9 cm³/mol. The summed E-state index contributed by atoms with van der Waals surface area (Å²) in [5, 5.41) is 19.2. The van der Waals surface area contributed by atoms with E-state index in [9.17, 15) is 0 Å². The Bertz CT molecular complexity index is 981. The summed E-state index contributed by atoms with van der Waals surface area (Å²) in [4.78, 5) is 0.770. The zero-order chi connectivity index (χ0) is 16.0. The van der Waals surface area contributed by atoms with Crippen LogP contribution in [0.2, 0.25) is 5.02 Å². The largest absolute Gasteiger partial charge is 0.263 e. The molecule has 0 aliphatic rings. The number of hydrogen-bond donors (Lipinski definition) is 0. The summed E-state index contributed by atoms with van der Waals surface area (Å²) >= 11 is 7.46. The Kier molecular flexibility index (Phi) is 3.39. The molecule has 23 heavy (non-hydrogen) atoms. The molecule has 0 amide bonds. The van der Waals surface area contributed by atoms with E-state index in [1.165, 1.54) is 11.3 Å². The summed E-state index contributed by atoms with van der Waals surface area (Å²) in [6.07, 6.45) is 0. The Hall–Kier alpha value is -2.25. The normalized spacial score (nSPS) is 11.4. The van der Waals surface area contributed by atoms with Gasteiger partial charge in [-0.15, -0.1) is 10.2 Å². The van der Waals surface area contributed by atoms with Gasteiger partial charge in [0.05, 0.1) is 12.2 Å². The van der Waals surface area contributed by atoms with Crippen LogP contribution in [0.1, 0.15) is 16.4 Å². The van der Waals surface area contributed by atoms with E-state index in [0.717, 1.165) is 26.9 Å². The number of hydrogen-bond acceptors (Lipinski definition) is 5. The van der Waals surface area contributed by atoms with Crippen molar-refractivity contribution in [2.24, 2.45) is 0 Å². The summed E-state index contributed by atoms with van der Waals surface area (Å²) in [6.45, 7) is 4.66. The van der Waals surface area contributed by atoms with Crippen LogP contribution in [0.5, 0.6) is 0 Å². The highest BCUT2D eigenvalue weighted by Gasteiger charge is 2.14. The molecule has 6 nitrogen and oxygen atoms in total. The second-order valence-corrected chi connectivity index (χ2v) is 6.78. The number of rotatable bonds is 3. The first kappa shape index (κ1) is 14.3. The van der Waals surface area contributed by atoms with Crippen molar-refractivity contribution in [2.75, 3.05) is 0 Å². The van der Waals surface area contributed by atoms with Gasteiger partial charge in [-0.05, 0) is 44.2 Å². The highest BCUT2D eigenvalue weighted by molar-refractivity contribution is 7.16. The molecule has 0 spiro atoms. The fraction of sp³-hybridized carbons (Fsp3) is 0.200. The maximum absolute atomic E-state index is 5.94. The molecule has 3 aromatic heterocycles. The van der Waals surface area contributed by atoms with Gasteiger partial charge < -0.3 is 0 Å². The van der Waals surface area contributed by atoms with Crippen LogP contribution in [0.4, 0.5) is 0 Å². The molecule has 4 aromatic rings. The summed E-state index contributed by atoms with van der Waals surface area (Å²) in [5.41, 5.74) is 3.06. The van der Waals surface area contributed by atoms with Crippen LogP contribution in [-0.4, -0.2) is 29.6 Å². The van der Waals surface area contributed by atoms with Crippen LogP contribution in [0, 0.1) is 13.8 Å². The molecule has 0 unspecified atom stereocenters. The highest BCUT2D eigenvalue weighted by Crippen LogP contribution is 2.23. The van der Waals surface area contributed by atoms with Gasteiger partial charge in [0.15, 0.2) is 5.82 Å². The lowest BCUT2D eigenvalue weighted by Gasteiger charge is -2.00. The molecule has 0 aliphatic heterocycles. The SMILES string of the molecule is Cc1cc(C)n(Cc2nn3c(-c4ccc(Cl)cc4)nnc3s2)n1. The van der Waals surface area contributed by atoms with Crippen molar-refractivity contribution < 1.29 is 0 Å². The zero-order valence-electron chi connectivity index (χ0n) is 12.6. The van der Waals surface area contributed by atoms with Gasteiger partial charge in [-0.2, -0.15) is 14.7 Å². The molecule has 0 atom stereocenters. The average molecular weight is 345 g/mol. The third kappa shape index (κ3) is 2.62. The maximum atomic E-state index is 5.94. The number of benzene rings is 1. The van der Waals surface area contributed by atoms with Crippen molar-refractivity contribution in [2.45, 2.75) is 20.4 Å². The number of aromatic nitrogens is 6. The molecule has 4 rings (SSSR count). The molecule has 0 fully saturated rings. The van der Waals surface area contributed by atoms with E-state index in [1.54, 1.807) is 4.52 Å². The number of fused-ring (bicyclic) bond motifs is 1. The van der Waals surface area contributed by atoms with Crippen LogP contribution >= 0.6 is 22.9 Å². The molecule has 1 aromatic carbocycles. The van der Waals surface area contributed by atoms with Crippen LogP contribution in [-0.2, 0) is 6.54 Å². The lowest BCUT2D eigenvalue weighted by atomic mass is 10.2. The summed E-state index contributed by atoms with van der Waals surface area (Å²) in [5.74, 6) is 0.715. The van der Waals surface area contributed by atoms with Crippen molar-refractivity contribution in [1.29, 1.82) is 0 Å². The van der Waals surface area contributed by atoms with Crippen LogP contribution in [0.15, 0.2) is 30.3 Å². The van der Waals surface area contributed by atoms with Crippen molar-refractivity contribution in [3.63, 3.8) is 0 Å². The topological polar surface area (TPSA) is 60.9 Å². The summed E-state index contributed by atoms with van der Waals surface area (Å²) in [6, 6.07) is 9.55. The molecule has 8 heteroatoms. The molecule has 3 heterocycles. The van der Waals surface area contributed by atoms with E-state index < -0.39 is 0 Å². The predicted octanol–water partition coefficient (Wildman–Crippen LogP) is 3.37. The number of nitrogens with zero attached hydrogens (tertiary/aromatic N) is 6. The number of aryl methyl sites for hydroxylation is 2. The standard InChI is InChI=1S/C15H13ClN6S/c1-9-7-10(2)21(19-9)8-13-20-22-14(17-18-15(22)23-13)11-3-5-12(16)6-4-11/h3-7H,8H2,1-2H3.